The first-order chi connectivity index (χ1) is 9.15. The predicted octanol–water partition coefficient (Wildman–Crippen LogP) is 5.25. The van der Waals surface area contributed by atoms with Crippen LogP contribution in [0.15, 0.2) is 15.9 Å². The fourth-order valence-corrected chi connectivity index (χ4v) is 4.68. The van der Waals surface area contributed by atoms with Gasteiger partial charge in [-0.05, 0) is 65.7 Å². The standard InChI is InChI=1S/C16H26BrNS/c1-12(2)18-11-14-7-5-3-4-6-13(14)10-15-8-9-16(17)19-15/h8-9,12-14,18H,3-7,10-11H2,1-2H3. The van der Waals surface area contributed by atoms with Crippen LogP contribution in [-0.4, -0.2) is 12.6 Å². The maximum atomic E-state index is 3.66. The summed E-state index contributed by atoms with van der Waals surface area (Å²) in [6.45, 7) is 5.71. The van der Waals surface area contributed by atoms with E-state index < -0.39 is 0 Å². The van der Waals surface area contributed by atoms with Crippen LogP contribution < -0.4 is 5.32 Å². The SMILES string of the molecule is CC(C)NCC1CCCCCC1Cc1ccc(Br)s1. The molecule has 2 unspecified atom stereocenters. The Morgan fingerprint density at radius 1 is 1.21 bits per heavy atom. The first-order valence-corrected chi connectivity index (χ1v) is 9.23. The third-order valence-corrected chi connectivity index (χ3v) is 5.84. The quantitative estimate of drug-likeness (QED) is 0.720. The second-order valence-corrected chi connectivity index (χ2v) is 8.68. The summed E-state index contributed by atoms with van der Waals surface area (Å²) in [5, 5.41) is 3.66. The van der Waals surface area contributed by atoms with Gasteiger partial charge in [0.15, 0.2) is 0 Å². The Morgan fingerprint density at radius 2 is 1.95 bits per heavy atom. The second-order valence-electron chi connectivity index (χ2n) is 6.13. The number of thiophene rings is 1. The van der Waals surface area contributed by atoms with Crippen LogP contribution in [0, 0.1) is 11.8 Å². The van der Waals surface area contributed by atoms with E-state index in [1.165, 1.54) is 48.9 Å². The van der Waals surface area contributed by atoms with Crippen molar-refractivity contribution in [1.29, 1.82) is 0 Å². The Bertz CT molecular complexity index is 375. The van der Waals surface area contributed by atoms with Gasteiger partial charge in [-0.25, -0.2) is 0 Å². The predicted molar refractivity (Wildman–Crippen MR) is 88.9 cm³/mol. The molecule has 1 nitrogen and oxygen atoms in total. The molecule has 108 valence electrons. The summed E-state index contributed by atoms with van der Waals surface area (Å²) >= 11 is 5.49. The summed E-state index contributed by atoms with van der Waals surface area (Å²) in [6, 6.07) is 5.10. The molecule has 0 spiro atoms. The van der Waals surface area contributed by atoms with Gasteiger partial charge in [0, 0.05) is 10.9 Å². The van der Waals surface area contributed by atoms with E-state index in [9.17, 15) is 0 Å². The van der Waals surface area contributed by atoms with Gasteiger partial charge in [-0.2, -0.15) is 0 Å². The van der Waals surface area contributed by atoms with E-state index >= 15 is 0 Å². The average Bonchev–Trinajstić information content (AvgIpc) is 2.64. The molecule has 0 bridgehead atoms. The molecule has 1 heterocycles. The van der Waals surface area contributed by atoms with E-state index in [2.05, 4.69) is 47.2 Å². The lowest BCUT2D eigenvalue weighted by Gasteiger charge is -2.26. The van der Waals surface area contributed by atoms with Crippen molar-refractivity contribution in [1.82, 2.24) is 5.32 Å². The van der Waals surface area contributed by atoms with Crippen LogP contribution in [0.25, 0.3) is 0 Å². The van der Waals surface area contributed by atoms with Gasteiger partial charge in [0.2, 0.25) is 0 Å². The lowest BCUT2D eigenvalue weighted by atomic mass is 9.85. The molecule has 1 fully saturated rings. The molecule has 2 rings (SSSR count). The van der Waals surface area contributed by atoms with Crippen molar-refractivity contribution in [3.63, 3.8) is 0 Å². The zero-order valence-electron chi connectivity index (χ0n) is 12.1. The summed E-state index contributed by atoms with van der Waals surface area (Å²) in [5.74, 6) is 1.74. The summed E-state index contributed by atoms with van der Waals surface area (Å²) < 4.78 is 1.27. The maximum absolute atomic E-state index is 3.66. The van der Waals surface area contributed by atoms with Gasteiger partial charge < -0.3 is 5.32 Å². The zero-order valence-corrected chi connectivity index (χ0v) is 14.5. The van der Waals surface area contributed by atoms with Gasteiger partial charge in [0.1, 0.15) is 0 Å². The van der Waals surface area contributed by atoms with Crippen LogP contribution in [0.4, 0.5) is 0 Å². The Morgan fingerprint density at radius 3 is 2.58 bits per heavy atom. The minimum Gasteiger partial charge on any atom is -0.314 e. The third kappa shape index (κ3) is 5.20. The van der Waals surface area contributed by atoms with Crippen LogP contribution in [0.3, 0.4) is 0 Å². The van der Waals surface area contributed by atoms with Crippen molar-refractivity contribution >= 4 is 27.3 Å². The monoisotopic (exact) mass is 343 g/mol. The molecule has 19 heavy (non-hydrogen) atoms. The molecule has 1 aliphatic rings. The molecule has 2 atom stereocenters. The van der Waals surface area contributed by atoms with Gasteiger partial charge in [-0.3, -0.25) is 0 Å². The van der Waals surface area contributed by atoms with Crippen LogP contribution in [0.5, 0.6) is 0 Å². The largest absolute Gasteiger partial charge is 0.314 e. The van der Waals surface area contributed by atoms with Gasteiger partial charge in [-0.1, -0.05) is 33.1 Å². The molecule has 1 aromatic rings. The highest BCUT2D eigenvalue weighted by Crippen LogP contribution is 2.33. The molecule has 3 heteroatoms. The molecule has 0 radical (unpaired) electrons. The van der Waals surface area contributed by atoms with Gasteiger partial charge in [0.25, 0.3) is 0 Å². The van der Waals surface area contributed by atoms with Crippen LogP contribution >= 0.6 is 27.3 Å². The highest BCUT2D eigenvalue weighted by atomic mass is 79.9. The molecule has 1 saturated carbocycles. The molecular weight excluding hydrogens is 318 g/mol. The summed E-state index contributed by atoms with van der Waals surface area (Å²) in [4.78, 5) is 1.55. The topological polar surface area (TPSA) is 12.0 Å². The molecule has 1 aromatic heterocycles. The molecule has 0 aliphatic heterocycles. The molecule has 1 aliphatic carbocycles. The van der Waals surface area contributed by atoms with Crippen molar-refractivity contribution < 1.29 is 0 Å². The third-order valence-electron chi connectivity index (χ3n) is 4.20. The number of nitrogens with one attached hydrogen (secondary N) is 1. The Balaban J connectivity index is 1.95. The molecule has 0 amide bonds. The van der Waals surface area contributed by atoms with Crippen LogP contribution in [-0.2, 0) is 6.42 Å². The van der Waals surface area contributed by atoms with Crippen LogP contribution in [0.1, 0.15) is 50.8 Å². The van der Waals surface area contributed by atoms with Crippen molar-refractivity contribution in [3.8, 4) is 0 Å². The van der Waals surface area contributed by atoms with Gasteiger partial charge in [0.05, 0.1) is 3.79 Å². The highest BCUT2D eigenvalue weighted by molar-refractivity contribution is 9.11. The fourth-order valence-electron chi connectivity index (χ4n) is 3.11. The molecule has 1 N–H and O–H groups in total. The average molecular weight is 344 g/mol. The normalized spacial score (nSPS) is 24.6. The van der Waals surface area contributed by atoms with Crippen molar-refractivity contribution in [2.24, 2.45) is 11.8 Å². The summed E-state index contributed by atoms with van der Waals surface area (Å²) in [6.07, 6.45) is 8.39. The highest BCUT2D eigenvalue weighted by Gasteiger charge is 2.24. The van der Waals surface area contributed by atoms with Gasteiger partial charge >= 0.3 is 0 Å². The fraction of sp³-hybridized carbons (Fsp3) is 0.750. The van der Waals surface area contributed by atoms with Gasteiger partial charge in [-0.15, -0.1) is 11.3 Å². The zero-order chi connectivity index (χ0) is 13.7. The van der Waals surface area contributed by atoms with E-state index in [0.29, 0.717) is 6.04 Å². The number of hydrogen-bond donors (Lipinski definition) is 1. The van der Waals surface area contributed by atoms with E-state index in [1.807, 2.05) is 11.3 Å². The van der Waals surface area contributed by atoms with E-state index in [0.717, 1.165) is 11.8 Å². The maximum Gasteiger partial charge on any atom is 0.0701 e. The van der Waals surface area contributed by atoms with Crippen molar-refractivity contribution in [2.45, 2.75) is 58.4 Å². The van der Waals surface area contributed by atoms with E-state index in [-0.39, 0.29) is 0 Å². The van der Waals surface area contributed by atoms with Crippen molar-refractivity contribution in [3.05, 3.63) is 20.8 Å². The molecule has 0 aromatic carbocycles. The smallest absolute Gasteiger partial charge is 0.0701 e. The van der Waals surface area contributed by atoms with Crippen LogP contribution in [0.2, 0.25) is 0 Å². The van der Waals surface area contributed by atoms with E-state index in [4.69, 9.17) is 0 Å². The molecular formula is C16H26BrNS. The van der Waals surface area contributed by atoms with Crippen molar-refractivity contribution in [2.75, 3.05) is 6.54 Å². The minimum atomic E-state index is 0.611. The number of halogens is 1. The Labute approximate surface area is 130 Å². The first kappa shape index (κ1) is 15.5. The lowest BCUT2D eigenvalue weighted by molar-refractivity contribution is 0.292. The minimum absolute atomic E-state index is 0.611. The molecule has 0 saturated heterocycles. The number of hydrogen-bond acceptors (Lipinski definition) is 2. The Hall–Kier alpha value is 0.140. The first-order valence-electron chi connectivity index (χ1n) is 7.62. The lowest BCUT2D eigenvalue weighted by Crippen LogP contribution is -2.32. The summed E-state index contributed by atoms with van der Waals surface area (Å²) in [5.41, 5.74) is 0. The number of rotatable bonds is 5. The summed E-state index contributed by atoms with van der Waals surface area (Å²) in [7, 11) is 0. The second kappa shape index (κ2) is 7.80. The Kier molecular flexibility index (Phi) is 6.37. The van der Waals surface area contributed by atoms with E-state index in [1.54, 1.807) is 4.88 Å².